The quantitative estimate of drug-likeness (QED) is 0.879. The summed E-state index contributed by atoms with van der Waals surface area (Å²) in [6.07, 6.45) is -1.75. The highest BCUT2D eigenvalue weighted by Crippen LogP contribution is 2.30. The van der Waals surface area contributed by atoms with Crippen LogP contribution in [0.5, 0.6) is 0 Å². The SMILES string of the molecule is C=Cc1[nH]c2ccc(C(F)(F)F)cc2c(=O)c1C=C. The van der Waals surface area contributed by atoms with Gasteiger partial charge in [0, 0.05) is 22.2 Å². The van der Waals surface area contributed by atoms with Gasteiger partial charge in [0.2, 0.25) is 0 Å². The van der Waals surface area contributed by atoms with Gasteiger partial charge in [0.1, 0.15) is 0 Å². The first-order chi connectivity index (χ1) is 8.88. The number of nitrogens with one attached hydrogen (secondary N) is 1. The van der Waals surface area contributed by atoms with Gasteiger partial charge in [-0.1, -0.05) is 19.2 Å². The average Bonchev–Trinajstić information content (AvgIpc) is 2.37. The molecule has 0 spiro atoms. The van der Waals surface area contributed by atoms with Gasteiger partial charge in [-0.05, 0) is 24.3 Å². The molecular weight excluding hydrogens is 255 g/mol. The number of hydrogen-bond donors (Lipinski definition) is 1. The summed E-state index contributed by atoms with van der Waals surface area (Å²) in [6.45, 7) is 7.03. The van der Waals surface area contributed by atoms with Crippen molar-refractivity contribution in [1.29, 1.82) is 0 Å². The third-order valence-electron chi connectivity index (χ3n) is 2.80. The number of hydrogen-bond acceptors (Lipinski definition) is 1. The highest BCUT2D eigenvalue weighted by molar-refractivity contribution is 5.83. The van der Waals surface area contributed by atoms with Gasteiger partial charge in [-0.2, -0.15) is 13.2 Å². The van der Waals surface area contributed by atoms with Gasteiger partial charge in [0.05, 0.1) is 5.56 Å². The second-order valence-electron chi connectivity index (χ2n) is 3.95. The number of pyridine rings is 1. The van der Waals surface area contributed by atoms with E-state index in [2.05, 4.69) is 18.1 Å². The van der Waals surface area contributed by atoms with E-state index in [9.17, 15) is 18.0 Å². The molecule has 0 fully saturated rings. The lowest BCUT2D eigenvalue weighted by Crippen LogP contribution is -2.12. The Labute approximate surface area is 106 Å². The Morgan fingerprint density at radius 2 is 1.84 bits per heavy atom. The van der Waals surface area contributed by atoms with Crippen LogP contribution in [-0.4, -0.2) is 4.98 Å². The lowest BCUT2D eigenvalue weighted by atomic mass is 10.1. The van der Waals surface area contributed by atoms with Crippen LogP contribution in [0.15, 0.2) is 36.2 Å². The molecule has 0 unspecified atom stereocenters. The van der Waals surface area contributed by atoms with Crippen LogP contribution < -0.4 is 5.43 Å². The van der Waals surface area contributed by atoms with Crippen LogP contribution in [0.25, 0.3) is 23.1 Å². The average molecular weight is 265 g/mol. The monoisotopic (exact) mass is 265 g/mol. The normalized spacial score (nSPS) is 11.5. The van der Waals surface area contributed by atoms with Gasteiger partial charge in [0.25, 0.3) is 0 Å². The second-order valence-corrected chi connectivity index (χ2v) is 3.95. The summed E-state index contributed by atoms with van der Waals surface area (Å²) in [4.78, 5) is 15.0. The summed E-state index contributed by atoms with van der Waals surface area (Å²) in [5, 5.41) is -0.0182. The Morgan fingerprint density at radius 3 is 2.37 bits per heavy atom. The van der Waals surface area contributed by atoms with Crippen molar-refractivity contribution in [3.63, 3.8) is 0 Å². The first-order valence-electron chi connectivity index (χ1n) is 5.40. The maximum atomic E-state index is 12.6. The molecule has 0 amide bonds. The smallest absolute Gasteiger partial charge is 0.354 e. The summed E-state index contributed by atoms with van der Waals surface area (Å²) in [7, 11) is 0. The van der Waals surface area contributed by atoms with Crippen LogP contribution in [0.1, 0.15) is 16.8 Å². The molecule has 98 valence electrons. The summed E-state index contributed by atoms with van der Waals surface area (Å²) in [6, 6.07) is 3.01. The van der Waals surface area contributed by atoms with E-state index in [0.717, 1.165) is 12.1 Å². The third kappa shape index (κ3) is 2.19. The van der Waals surface area contributed by atoms with E-state index >= 15 is 0 Å². The highest BCUT2D eigenvalue weighted by Gasteiger charge is 2.30. The molecule has 0 bridgehead atoms. The van der Waals surface area contributed by atoms with E-state index in [-0.39, 0.29) is 10.9 Å². The van der Waals surface area contributed by atoms with Crippen molar-refractivity contribution in [2.24, 2.45) is 0 Å². The first kappa shape index (κ1) is 13.1. The van der Waals surface area contributed by atoms with E-state index in [4.69, 9.17) is 0 Å². The molecule has 0 atom stereocenters. The van der Waals surface area contributed by atoms with Crippen LogP contribution in [0.4, 0.5) is 13.2 Å². The number of H-pyrrole nitrogens is 1. The van der Waals surface area contributed by atoms with Crippen molar-refractivity contribution < 1.29 is 13.2 Å². The molecule has 1 heterocycles. The number of halogens is 3. The molecule has 2 aromatic rings. The number of aromatic nitrogens is 1. The Bertz CT molecular complexity index is 726. The number of fused-ring (bicyclic) bond motifs is 1. The fourth-order valence-corrected chi connectivity index (χ4v) is 1.86. The maximum Gasteiger partial charge on any atom is 0.416 e. The fraction of sp³-hybridized carbons (Fsp3) is 0.0714. The molecule has 0 aliphatic heterocycles. The molecule has 0 aliphatic rings. The van der Waals surface area contributed by atoms with Crippen LogP contribution in [-0.2, 0) is 6.18 Å². The molecule has 0 radical (unpaired) electrons. The molecule has 0 aliphatic carbocycles. The topological polar surface area (TPSA) is 32.9 Å². The number of alkyl halides is 3. The zero-order valence-electron chi connectivity index (χ0n) is 9.84. The minimum atomic E-state index is -4.48. The van der Waals surface area contributed by atoms with E-state index in [1.807, 2.05) is 0 Å². The van der Waals surface area contributed by atoms with Gasteiger partial charge in [-0.25, -0.2) is 0 Å². The molecule has 1 aromatic heterocycles. The first-order valence-corrected chi connectivity index (χ1v) is 5.40. The standard InChI is InChI=1S/C14H10F3NO/c1-3-9-11(4-2)18-12-6-5-8(14(15,16)17)7-10(12)13(9)19/h3-7H,1-2H2,(H,18,19). The molecule has 1 N–H and O–H groups in total. The minimum Gasteiger partial charge on any atom is -0.354 e. The Kier molecular flexibility index (Phi) is 3.06. The number of aromatic amines is 1. The predicted octanol–water partition coefficient (Wildman–Crippen LogP) is 3.83. The Hall–Kier alpha value is -2.30. The van der Waals surface area contributed by atoms with Gasteiger partial charge in [0.15, 0.2) is 5.43 Å². The second kappa shape index (κ2) is 4.42. The van der Waals surface area contributed by atoms with E-state index in [0.29, 0.717) is 11.2 Å². The van der Waals surface area contributed by atoms with Crippen LogP contribution in [0.3, 0.4) is 0 Å². The van der Waals surface area contributed by atoms with Crippen molar-refractivity contribution in [1.82, 2.24) is 4.98 Å². The minimum absolute atomic E-state index is 0.0182. The van der Waals surface area contributed by atoms with Crippen molar-refractivity contribution in [2.75, 3.05) is 0 Å². The molecule has 1 aromatic carbocycles. The third-order valence-corrected chi connectivity index (χ3v) is 2.80. The van der Waals surface area contributed by atoms with Crippen LogP contribution in [0, 0.1) is 0 Å². The lowest BCUT2D eigenvalue weighted by molar-refractivity contribution is -0.137. The highest BCUT2D eigenvalue weighted by atomic mass is 19.4. The van der Waals surface area contributed by atoms with E-state index < -0.39 is 17.2 Å². The van der Waals surface area contributed by atoms with E-state index in [1.54, 1.807) is 0 Å². The summed E-state index contributed by atoms with van der Waals surface area (Å²) < 4.78 is 37.9. The predicted molar refractivity (Wildman–Crippen MR) is 69.8 cm³/mol. The molecule has 2 rings (SSSR count). The van der Waals surface area contributed by atoms with E-state index in [1.165, 1.54) is 18.2 Å². The molecular formula is C14H10F3NO. The van der Waals surface area contributed by atoms with Crippen molar-refractivity contribution in [2.45, 2.75) is 6.18 Å². The van der Waals surface area contributed by atoms with Gasteiger partial charge in [-0.3, -0.25) is 4.79 Å². The van der Waals surface area contributed by atoms with Crippen LogP contribution in [0.2, 0.25) is 0 Å². The Balaban J connectivity index is 2.87. The Morgan fingerprint density at radius 1 is 1.16 bits per heavy atom. The number of rotatable bonds is 2. The zero-order valence-corrected chi connectivity index (χ0v) is 9.84. The van der Waals surface area contributed by atoms with Crippen LogP contribution >= 0.6 is 0 Å². The lowest BCUT2D eigenvalue weighted by Gasteiger charge is -2.09. The van der Waals surface area contributed by atoms with Crippen molar-refractivity contribution >= 4 is 23.1 Å². The fourth-order valence-electron chi connectivity index (χ4n) is 1.86. The van der Waals surface area contributed by atoms with Gasteiger partial charge in [-0.15, -0.1) is 0 Å². The number of benzene rings is 1. The van der Waals surface area contributed by atoms with Crippen molar-refractivity contribution in [3.05, 3.63) is 58.4 Å². The largest absolute Gasteiger partial charge is 0.416 e. The molecule has 0 saturated heterocycles. The molecule has 0 saturated carbocycles. The summed E-state index contributed by atoms with van der Waals surface area (Å²) in [5.74, 6) is 0. The summed E-state index contributed by atoms with van der Waals surface area (Å²) in [5.41, 5.74) is -0.371. The molecule has 19 heavy (non-hydrogen) atoms. The van der Waals surface area contributed by atoms with Crippen molar-refractivity contribution in [3.8, 4) is 0 Å². The molecule has 5 heteroatoms. The van der Waals surface area contributed by atoms with Gasteiger partial charge >= 0.3 is 6.18 Å². The molecule has 2 nitrogen and oxygen atoms in total. The summed E-state index contributed by atoms with van der Waals surface area (Å²) >= 11 is 0. The zero-order chi connectivity index (χ0) is 14.2. The van der Waals surface area contributed by atoms with Gasteiger partial charge < -0.3 is 4.98 Å². The maximum absolute atomic E-state index is 12.6.